The van der Waals surface area contributed by atoms with Crippen molar-refractivity contribution in [2.45, 2.75) is 17.2 Å². The molecule has 0 radical (unpaired) electrons. The first-order valence-corrected chi connectivity index (χ1v) is 9.92. The molecule has 2 aliphatic rings. The third-order valence-electron chi connectivity index (χ3n) is 4.79. The van der Waals surface area contributed by atoms with Crippen molar-refractivity contribution >= 4 is 17.4 Å². The number of anilines is 1. The Labute approximate surface area is 167 Å². The second-order valence-corrected chi connectivity index (χ2v) is 7.84. The summed E-state index contributed by atoms with van der Waals surface area (Å²) in [5.41, 5.74) is 0.379. The third-order valence-corrected chi connectivity index (χ3v) is 5.95. The van der Waals surface area contributed by atoms with Gasteiger partial charge in [-0.1, -0.05) is 31.0 Å². The molecule has 1 aromatic rings. The van der Waals surface area contributed by atoms with Crippen molar-refractivity contribution in [3.05, 3.63) is 59.7 Å². The molecule has 1 fully saturated rings. The third kappa shape index (κ3) is 4.63. The number of fused-ring (bicyclic) bond motifs is 1. The van der Waals surface area contributed by atoms with Gasteiger partial charge in [0, 0.05) is 42.5 Å². The summed E-state index contributed by atoms with van der Waals surface area (Å²) < 4.78 is 39.7. The van der Waals surface area contributed by atoms with Crippen LogP contribution in [0.5, 0.6) is 0 Å². The van der Waals surface area contributed by atoms with Crippen molar-refractivity contribution in [1.82, 2.24) is 10.2 Å². The first-order chi connectivity index (χ1) is 13.3. The average Bonchev–Trinajstić information content (AvgIpc) is 2.67. The Morgan fingerprint density at radius 3 is 2.50 bits per heavy atom. The van der Waals surface area contributed by atoms with Gasteiger partial charge >= 0.3 is 6.18 Å². The van der Waals surface area contributed by atoms with Gasteiger partial charge in [-0.2, -0.15) is 13.2 Å². The Morgan fingerprint density at radius 1 is 1.18 bits per heavy atom. The van der Waals surface area contributed by atoms with Crippen LogP contribution in [-0.2, 0) is 6.18 Å². The van der Waals surface area contributed by atoms with E-state index in [0.29, 0.717) is 22.8 Å². The van der Waals surface area contributed by atoms with E-state index in [4.69, 9.17) is 0 Å². The van der Waals surface area contributed by atoms with Crippen molar-refractivity contribution in [3.63, 3.8) is 0 Å². The van der Waals surface area contributed by atoms with Gasteiger partial charge in [-0.15, -0.1) is 0 Å². The molecule has 1 unspecified atom stereocenters. The minimum absolute atomic E-state index is 0.178. The molecule has 0 spiro atoms. The van der Waals surface area contributed by atoms with E-state index >= 15 is 0 Å². The van der Waals surface area contributed by atoms with Gasteiger partial charge in [0.1, 0.15) is 0 Å². The minimum Gasteiger partial charge on any atom is -0.390 e. The lowest BCUT2D eigenvalue weighted by Crippen LogP contribution is -2.48. The van der Waals surface area contributed by atoms with Crippen molar-refractivity contribution < 1.29 is 18.3 Å². The van der Waals surface area contributed by atoms with Crippen LogP contribution in [0.25, 0.3) is 0 Å². The summed E-state index contributed by atoms with van der Waals surface area (Å²) in [6, 6.07) is 3.70. The Hall–Kier alpha value is -1.74. The molecule has 1 aromatic carbocycles. The Morgan fingerprint density at radius 2 is 1.89 bits per heavy atom. The molecule has 2 N–H and O–H groups in total. The molecule has 2 aliphatic heterocycles. The number of benzene rings is 1. The molecule has 0 amide bonds. The lowest BCUT2D eigenvalue weighted by molar-refractivity contribution is -0.137. The van der Waals surface area contributed by atoms with Gasteiger partial charge in [0.25, 0.3) is 0 Å². The van der Waals surface area contributed by atoms with Crippen molar-refractivity contribution in [1.29, 1.82) is 0 Å². The molecular weight excluding hydrogens is 387 g/mol. The molecule has 8 heteroatoms. The van der Waals surface area contributed by atoms with Crippen LogP contribution in [0.15, 0.2) is 59.0 Å². The molecule has 3 rings (SSSR count). The van der Waals surface area contributed by atoms with Gasteiger partial charge < -0.3 is 15.3 Å². The average molecular weight is 411 g/mol. The van der Waals surface area contributed by atoms with E-state index < -0.39 is 17.8 Å². The number of halogens is 3. The van der Waals surface area contributed by atoms with Crippen LogP contribution in [0.1, 0.15) is 5.56 Å². The maximum atomic E-state index is 13.2. The Balaban J connectivity index is 1.90. The number of aliphatic hydroxyl groups is 1. The fourth-order valence-corrected chi connectivity index (χ4v) is 4.47. The van der Waals surface area contributed by atoms with Crippen molar-refractivity contribution in [2.24, 2.45) is 0 Å². The molecular formula is C20H24F3N3OS. The molecule has 0 aliphatic carbocycles. The number of aliphatic hydroxyl groups excluding tert-OH is 1. The second-order valence-electron chi connectivity index (χ2n) is 6.76. The monoisotopic (exact) mass is 411 g/mol. The highest BCUT2D eigenvalue weighted by Crippen LogP contribution is 2.46. The summed E-state index contributed by atoms with van der Waals surface area (Å²) in [4.78, 5) is 5.37. The molecule has 28 heavy (non-hydrogen) atoms. The Bertz CT molecular complexity index is 772. The highest BCUT2D eigenvalue weighted by Gasteiger charge is 2.33. The van der Waals surface area contributed by atoms with E-state index in [0.717, 1.165) is 43.2 Å². The van der Waals surface area contributed by atoms with Crippen LogP contribution in [0.3, 0.4) is 0 Å². The molecule has 0 bridgehead atoms. The summed E-state index contributed by atoms with van der Waals surface area (Å²) in [5, 5.41) is 13.9. The van der Waals surface area contributed by atoms with Crippen molar-refractivity contribution in [2.75, 3.05) is 44.2 Å². The fraction of sp³-hybridized carbons (Fsp3) is 0.400. The predicted octanol–water partition coefficient (Wildman–Crippen LogP) is 3.47. The summed E-state index contributed by atoms with van der Waals surface area (Å²) in [6.45, 7) is 11.7. The molecule has 2 heterocycles. The highest BCUT2D eigenvalue weighted by atomic mass is 32.2. The summed E-state index contributed by atoms with van der Waals surface area (Å²) in [6.07, 6.45) is -1.88. The molecule has 1 atom stereocenters. The van der Waals surface area contributed by atoms with Gasteiger partial charge in [-0.05, 0) is 24.3 Å². The largest absolute Gasteiger partial charge is 0.416 e. The van der Waals surface area contributed by atoms with Crippen LogP contribution >= 0.6 is 11.8 Å². The van der Waals surface area contributed by atoms with E-state index in [2.05, 4.69) is 23.4 Å². The topological polar surface area (TPSA) is 38.7 Å². The lowest BCUT2D eigenvalue weighted by atomic mass is 10.1. The number of alkyl halides is 3. The van der Waals surface area contributed by atoms with Crippen LogP contribution in [0.2, 0.25) is 0 Å². The van der Waals surface area contributed by atoms with E-state index in [-0.39, 0.29) is 6.54 Å². The number of allylic oxidation sites excluding steroid dienone is 2. The molecule has 0 aromatic heterocycles. The first-order valence-electron chi connectivity index (χ1n) is 9.10. The fourth-order valence-electron chi connectivity index (χ4n) is 3.44. The number of nitrogens with zero attached hydrogens (tertiary/aromatic N) is 2. The van der Waals surface area contributed by atoms with Gasteiger partial charge in [0.05, 0.1) is 29.6 Å². The first kappa shape index (κ1) is 21.0. The maximum absolute atomic E-state index is 13.2. The van der Waals surface area contributed by atoms with Crippen LogP contribution in [0.4, 0.5) is 18.9 Å². The van der Waals surface area contributed by atoms with Gasteiger partial charge in [0.2, 0.25) is 0 Å². The van der Waals surface area contributed by atoms with E-state index in [9.17, 15) is 18.3 Å². The van der Waals surface area contributed by atoms with Gasteiger partial charge in [-0.25, -0.2) is 0 Å². The normalized spacial score (nSPS) is 19.4. The summed E-state index contributed by atoms with van der Waals surface area (Å²) >= 11 is 1.36. The number of rotatable bonds is 6. The Kier molecular flexibility index (Phi) is 6.54. The number of hydrogen-bond donors (Lipinski definition) is 2. The van der Waals surface area contributed by atoms with Crippen LogP contribution < -0.4 is 10.2 Å². The predicted molar refractivity (Wildman–Crippen MR) is 107 cm³/mol. The molecule has 1 saturated heterocycles. The zero-order chi connectivity index (χ0) is 20.3. The number of hydrogen-bond acceptors (Lipinski definition) is 5. The van der Waals surface area contributed by atoms with Crippen molar-refractivity contribution in [3.8, 4) is 0 Å². The quantitative estimate of drug-likeness (QED) is 0.750. The highest BCUT2D eigenvalue weighted by molar-refractivity contribution is 8.03. The van der Waals surface area contributed by atoms with E-state index in [1.165, 1.54) is 17.8 Å². The van der Waals surface area contributed by atoms with Gasteiger partial charge in [-0.3, -0.25) is 4.90 Å². The SMILES string of the molecule is C=CC1=C(C=C)N(CC(O)CN2CCNCC2)c2cc(C(F)(F)F)ccc2S1. The lowest BCUT2D eigenvalue weighted by Gasteiger charge is -2.36. The maximum Gasteiger partial charge on any atom is 0.416 e. The van der Waals surface area contributed by atoms with E-state index in [1.807, 2.05) is 0 Å². The summed E-state index contributed by atoms with van der Waals surface area (Å²) in [7, 11) is 0. The standard InChI is InChI=1S/C20H24F3N3OS/c1-3-16-18(4-2)28-19-6-5-14(20(21,22)23)11-17(19)26(16)13-15(27)12-25-9-7-24-8-10-25/h3-6,11,15,24,27H,1-2,7-10,12-13H2. The number of β-amino-alcohol motifs (C(OH)–C–C–N with tert-alkyl or cyclic N) is 1. The smallest absolute Gasteiger partial charge is 0.390 e. The van der Waals surface area contributed by atoms with Crippen LogP contribution in [-0.4, -0.2) is 55.4 Å². The van der Waals surface area contributed by atoms with Crippen LogP contribution in [0, 0.1) is 0 Å². The zero-order valence-corrected chi connectivity index (χ0v) is 16.3. The zero-order valence-electron chi connectivity index (χ0n) is 15.5. The molecule has 4 nitrogen and oxygen atoms in total. The second kappa shape index (κ2) is 8.73. The number of piperazine rings is 1. The molecule has 0 saturated carbocycles. The number of thioether (sulfide) groups is 1. The van der Waals surface area contributed by atoms with E-state index in [1.54, 1.807) is 17.1 Å². The minimum atomic E-state index is -4.43. The number of nitrogens with one attached hydrogen (secondary N) is 1. The summed E-state index contributed by atoms with van der Waals surface area (Å²) in [5.74, 6) is 0. The molecule has 152 valence electrons. The van der Waals surface area contributed by atoms with Gasteiger partial charge in [0.15, 0.2) is 0 Å².